The summed E-state index contributed by atoms with van der Waals surface area (Å²) in [5.74, 6) is 0. The first-order valence-electron chi connectivity index (χ1n) is 6.02. The largest absolute Gasteiger partial charge is 0.348 e. The Morgan fingerprint density at radius 1 is 1.25 bits per heavy atom. The minimum Gasteiger partial charge on any atom is -0.306 e. The number of aryl methyl sites for hydroxylation is 1. The molecule has 3 rings (SSSR count). The Labute approximate surface area is 120 Å². The number of carbonyl (C=O) groups is 1. The molecule has 1 aromatic heterocycles. The van der Waals surface area contributed by atoms with Crippen LogP contribution in [0.2, 0.25) is 5.02 Å². The van der Waals surface area contributed by atoms with Crippen LogP contribution in [0.1, 0.15) is 5.56 Å². The van der Waals surface area contributed by atoms with Crippen LogP contribution in [0.4, 0.5) is 10.5 Å². The lowest BCUT2D eigenvalue weighted by Crippen LogP contribution is -2.20. The number of fused-ring (bicyclic) bond motifs is 1. The molecule has 0 unspecified atom stereocenters. The van der Waals surface area contributed by atoms with Crippen molar-refractivity contribution in [1.29, 1.82) is 0 Å². The van der Waals surface area contributed by atoms with Crippen LogP contribution in [-0.4, -0.2) is 21.0 Å². The van der Waals surface area contributed by atoms with Gasteiger partial charge in [-0.15, -0.1) is 5.10 Å². The predicted octanol–water partition coefficient (Wildman–Crippen LogP) is 3.47. The Balaban J connectivity index is 1.93. The van der Waals surface area contributed by atoms with Crippen LogP contribution < -0.4 is 5.32 Å². The third-order valence-electron chi connectivity index (χ3n) is 2.87. The van der Waals surface area contributed by atoms with E-state index in [1.165, 1.54) is 4.68 Å². The highest BCUT2D eigenvalue weighted by molar-refractivity contribution is 6.30. The zero-order valence-electron chi connectivity index (χ0n) is 10.7. The fourth-order valence-corrected chi connectivity index (χ4v) is 2.12. The molecule has 100 valence electrons. The topological polar surface area (TPSA) is 59.8 Å². The van der Waals surface area contributed by atoms with E-state index in [1.54, 1.807) is 24.3 Å². The Morgan fingerprint density at radius 2 is 2.10 bits per heavy atom. The first kappa shape index (κ1) is 12.6. The highest BCUT2D eigenvalue weighted by Crippen LogP contribution is 2.17. The summed E-state index contributed by atoms with van der Waals surface area (Å²) < 4.78 is 1.23. The molecule has 20 heavy (non-hydrogen) atoms. The number of rotatable bonds is 1. The van der Waals surface area contributed by atoms with Crippen molar-refractivity contribution in [1.82, 2.24) is 15.0 Å². The molecule has 2 aromatic carbocycles. The third kappa shape index (κ3) is 2.35. The average Bonchev–Trinajstić information content (AvgIpc) is 2.81. The van der Waals surface area contributed by atoms with Crippen LogP contribution in [0.5, 0.6) is 0 Å². The molecule has 5 nitrogen and oxygen atoms in total. The first-order chi connectivity index (χ1) is 9.63. The number of aromatic nitrogens is 3. The molecule has 0 radical (unpaired) electrons. The third-order valence-corrected chi connectivity index (χ3v) is 3.10. The molecular formula is C14H11ClN4O. The number of nitrogens with one attached hydrogen (secondary N) is 1. The van der Waals surface area contributed by atoms with E-state index in [9.17, 15) is 4.79 Å². The van der Waals surface area contributed by atoms with Crippen LogP contribution >= 0.6 is 11.6 Å². The molecule has 0 aliphatic rings. The summed E-state index contributed by atoms with van der Waals surface area (Å²) in [6.07, 6.45) is 0. The molecule has 0 atom stereocenters. The summed E-state index contributed by atoms with van der Waals surface area (Å²) in [4.78, 5) is 12.2. The minimum absolute atomic E-state index is 0.376. The summed E-state index contributed by atoms with van der Waals surface area (Å²) in [7, 11) is 0. The Morgan fingerprint density at radius 3 is 2.90 bits per heavy atom. The van der Waals surface area contributed by atoms with E-state index in [4.69, 9.17) is 11.6 Å². The molecular weight excluding hydrogens is 276 g/mol. The van der Waals surface area contributed by atoms with Crippen molar-refractivity contribution in [2.24, 2.45) is 0 Å². The van der Waals surface area contributed by atoms with Gasteiger partial charge >= 0.3 is 6.03 Å². The highest BCUT2D eigenvalue weighted by Gasteiger charge is 2.12. The van der Waals surface area contributed by atoms with Crippen molar-refractivity contribution in [3.63, 3.8) is 0 Å². The van der Waals surface area contributed by atoms with Gasteiger partial charge < -0.3 is 5.32 Å². The maximum atomic E-state index is 12.2. The number of hydrogen-bond donors (Lipinski definition) is 1. The first-order valence-corrected chi connectivity index (χ1v) is 6.40. The molecule has 0 saturated carbocycles. The Bertz CT molecular complexity index is 797. The minimum atomic E-state index is -0.376. The Hall–Kier alpha value is -2.40. The number of amides is 1. The summed E-state index contributed by atoms with van der Waals surface area (Å²) in [6.45, 7) is 1.96. The average molecular weight is 287 g/mol. The number of hydrogen-bond acceptors (Lipinski definition) is 3. The van der Waals surface area contributed by atoms with Gasteiger partial charge in [0.25, 0.3) is 0 Å². The molecule has 1 N–H and O–H groups in total. The summed E-state index contributed by atoms with van der Waals surface area (Å²) in [5.41, 5.74) is 3.03. The number of benzene rings is 2. The molecule has 1 amide bonds. The van der Waals surface area contributed by atoms with Gasteiger partial charge in [-0.3, -0.25) is 0 Å². The van der Waals surface area contributed by atoms with E-state index in [1.807, 2.05) is 25.1 Å². The Kier molecular flexibility index (Phi) is 3.12. The van der Waals surface area contributed by atoms with E-state index in [0.29, 0.717) is 21.7 Å². The van der Waals surface area contributed by atoms with Crippen molar-refractivity contribution in [2.45, 2.75) is 6.92 Å². The highest BCUT2D eigenvalue weighted by atomic mass is 35.5. The van der Waals surface area contributed by atoms with Crippen LogP contribution in [-0.2, 0) is 0 Å². The van der Waals surface area contributed by atoms with Crippen LogP contribution in [0, 0.1) is 6.92 Å². The number of nitrogens with zero attached hydrogens (tertiary/aromatic N) is 3. The van der Waals surface area contributed by atoms with Gasteiger partial charge in [0.15, 0.2) is 0 Å². The number of carbonyl (C=O) groups excluding carboxylic acids is 1. The zero-order valence-corrected chi connectivity index (χ0v) is 11.4. The van der Waals surface area contributed by atoms with Crippen molar-refractivity contribution < 1.29 is 4.79 Å². The second kappa shape index (κ2) is 4.94. The molecule has 1 heterocycles. The molecule has 0 fully saturated rings. The molecule has 0 aliphatic carbocycles. The summed E-state index contributed by atoms with van der Waals surface area (Å²) >= 11 is 5.88. The van der Waals surface area contributed by atoms with Gasteiger partial charge in [-0.2, -0.15) is 4.68 Å². The summed E-state index contributed by atoms with van der Waals surface area (Å²) in [5, 5.41) is 11.1. The second-order valence-corrected chi connectivity index (χ2v) is 4.87. The molecule has 3 aromatic rings. The quantitative estimate of drug-likeness (QED) is 0.745. The van der Waals surface area contributed by atoms with Crippen molar-refractivity contribution in [3.05, 3.63) is 53.1 Å². The van der Waals surface area contributed by atoms with E-state index in [2.05, 4.69) is 15.6 Å². The van der Waals surface area contributed by atoms with Crippen LogP contribution in [0.25, 0.3) is 11.0 Å². The van der Waals surface area contributed by atoms with Gasteiger partial charge in [0.05, 0.1) is 5.52 Å². The fourth-order valence-electron chi connectivity index (χ4n) is 1.93. The van der Waals surface area contributed by atoms with Gasteiger partial charge in [0.2, 0.25) is 0 Å². The summed E-state index contributed by atoms with van der Waals surface area (Å²) in [6, 6.07) is 12.2. The van der Waals surface area contributed by atoms with Crippen molar-refractivity contribution in [2.75, 3.05) is 5.32 Å². The fraction of sp³-hybridized carbons (Fsp3) is 0.0714. The zero-order chi connectivity index (χ0) is 14.1. The lowest BCUT2D eigenvalue weighted by Gasteiger charge is -2.05. The van der Waals surface area contributed by atoms with E-state index >= 15 is 0 Å². The molecule has 0 saturated heterocycles. The number of halogens is 1. The van der Waals surface area contributed by atoms with Gasteiger partial charge in [-0.25, -0.2) is 4.79 Å². The van der Waals surface area contributed by atoms with Gasteiger partial charge in [-0.05, 0) is 42.8 Å². The monoisotopic (exact) mass is 286 g/mol. The molecule has 0 spiro atoms. The molecule has 0 bridgehead atoms. The smallest absolute Gasteiger partial charge is 0.306 e. The van der Waals surface area contributed by atoms with Crippen LogP contribution in [0.3, 0.4) is 0 Å². The second-order valence-electron chi connectivity index (χ2n) is 4.43. The predicted molar refractivity (Wildman–Crippen MR) is 78.1 cm³/mol. The van der Waals surface area contributed by atoms with Crippen LogP contribution in [0.15, 0.2) is 42.5 Å². The van der Waals surface area contributed by atoms with E-state index in [0.717, 1.165) is 5.56 Å². The maximum absolute atomic E-state index is 12.2. The van der Waals surface area contributed by atoms with E-state index in [-0.39, 0.29) is 6.03 Å². The van der Waals surface area contributed by atoms with Gasteiger partial charge in [0, 0.05) is 10.7 Å². The molecule has 0 aliphatic heterocycles. The lowest BCUT2D eigenvalue weighted by molar-refractivity contribution is 0.251. The van der Waals surface area contributed by atoms with Gasteiger partial charge in [-0.1, -0.05) is 28.9 Å². The lowest BCUT2D eigenvalue weighted by atomic mass is 10.2. The van der Waals surface area contributed by atoms with Crippen molar-refractivity contribution in [3.8, 4) is 0 Å². The normalized spacial score (nSPS) is 10.7. The van der Waals surface area contributed by atoms with Gasteiger partial charge in [0.1, 0.15) is 5.52 Å². The van der Waals surface area contributed by atoms with E-state index < -0.39 is 0 Å². The number of anilines is 1. The molecule has 6 heteroatoms. The maximum Gasteiger partial charge on any atom is 0.348 e. The SMILES string of the molecule is Cc1ccc2c(c1)nnn2C(=O)Nc1cccc(Cl)c1. The standard InChI is InChI=1S/C14H11ClN4O/c1-9-5-6-13-12(7-9)17-18-19(13)14(20)16-11-4-2-3-10(15)8-11/h2-8H,1H3,(H,16,20). The van der Waals surface area contributed by atoms with Crippen molar-refractivity contribution >= 4 is 34.4 Å².